The van der Waals surface area contributed by atoms with E-state index in [0.29, 0.717) is 4.88 Å². The minimum absolute atomic E-state index is 0.537. The Morgan fingerprint density at radius 2 is 2.44 bits per heavy atom. The van der Waals surface area contributed by atoms with Gasteiger partial charge in [-0.05, 0) is 17.5 Å². The maximum atomic E-state index is 11.5. The van der Waals surface area contributed by atoms with Crippen molar-refractivity contribution >= 4 is 17.4 Å². The van der Waals surface area contributed by atoms with Gasteiger partial charge in [-0.15, -0.1) is 11.3 Å². The van der Waals surface area contributed by atoms with E-state index in [4.69, 9.17) is 0 Å². The van der Waals surface area contributed by atoms with E-state index in [1.165, 1.54) is 17.4 Å². The summed E-state index contributed by atoms with van der Waals surface area (Å²) in [7, 11) is 0. The standard InChI is InChI=1S/C6H3F2S/c7-6(8)4-5-2-1-3-9-5/h2-4H. The predicted octanol–water partition coefficient (Wildman–Crippen LogP) is 2.79. The van der Waals surface area contributed by atoms with Gasteiger partial charge in [0.1, 0.15) is 0 Å². The molecule has 0 nitrogen and oxygen atoms in total. The second kappa shape index (κ2) is 2.73. The first kappa shape index (κ1) is 6.42. The molecule has 0 aliphatic rings. The SMILES string of the molecule is FC(F)=Cc1c[c]cs1. The molecule has 0 bridgehead atoms. The Balaban J connectivity index is 2.80. The van der Waals surface area contributed by atoms with E-state index in [9.17, 15) is 8.78 Å². The van der Waals surface area contributed by atoms with Crippen molar-refractivity contribution < 1.29 is 8.78 Å². The summed E-state index contributed by atoms with van der Waals surface area (Å²) in [5.74, 6) is 0. The average molecular weight is 145 g/mol. The fourth-order valence-electron chi connectivity index (χ4n) is 0.435. The first-order chi connectivity index (χ1) is 4.29. The van der Waals surface area contributed by atoms with Crippen LogP contribution in [0.25, 0.3) is 6.08 Å². The molecule has 0 saturated carbocycles. The molecule has 0 amide bonds. The van der Waals surface area contributed by atoms with Crippen molar-refractivity contribution in [3.63, 3.8) is 0 Å². The van der Waals surface area contributed by atoms with Gasteiger partial charge in [0.25, 0.3) is 6.08 Å². The molecule has 0 aromatic carbocycles. The predicted molar refractivity (Wildman–Crippen MR) is 33.3 cm³/mol. The maximum Gasteiger partial charge on any atom is 0.271 e. The van der Waals surface area contributed by atoms with Gasteiger partial charge in [0.05, 0.1) is 0 Å². The van der Waals surface area contributed by atoms with Gasteiger partial charge in [-0.1, -0.05) is 0 Å². The zero-order chi connectivity index (χ0) is 6.69. The quantitative estimate of drug-likeness (QED) is 0.570. The summed E-state index contributed by atoms with van der Waals surface area (Å²) in [6.45, 7) is 0. The van der Waals surface area contributed by atoms with Crippen LogP contribution < -0.4 is 0 Å². The third-order valence-corrected chi connectivity index (χ3v) is 1.50. The Bertz CT molecular complexity index is 197. The van der Waals surface area contributed by atoms with Gasteiger partial charge >= 0.3 is 0 Å². The average Bonchev–Trinajstić information content (AvgIpc) is 2.15. The van der Waals surface area contributed by atoms with Crippen LogP contribution in [-0.2, 0) is 0 Å². The van der Waals surface area contributed by atoms with Crippen LogP contribution in [0, 0.1) is 6.07 Å². The lowest BCUT2D eigenvalue weighted by Crippen LogP contribution is -1.56. The lowest BCUT2D eigenvalue weighted by Gasteiger charge is -1.77. The first-order valence-electron chi connectivity index (χ1n) is 2.26. The molecular weight excluding hydrogens is 142 g/mol. The molecule has 1 radical (unpaired) electrons. The second-order valence-corrected chi connectivity index (χ2v) is 2.33. The highest BCUT2D eigenvalue weighted by atomic mass is 32.1. The third kappa shape index (κ3) is 1.93. The molecule has 0 spiro atoms. The zero-order valence-corrected chi connectivity index (χ0v) is 5.21. The summed E-state index contributed by atoms with van der Waals surface area (Å²) >= 11 is 1.24. The number of hydrogen-bond acceptors (Lipinski definition) is 1. The maximum absolute atomic E-state index is 11.5. The van der Waals surface area contributed by atoms with E-state index in [-0.39, 0.29) is 0 Å². The molecule has 1 aromatic rings. The van der Waals surface area contributed by atoms with Crippen molar-refractivity contribution in [1.29, 1.82) is 0 Å². The Kier molecular flexibility index (Phi) is 1.95. The molecule has 1 heterocycles. The van der Waals surface area contributed by atoms with Crippen LogP contribution in [0.4, 0.5) is 8.78 Å². The van der Waals surface area contributed by atoms with Crippen molar-refractivity contribution in [2.45, 2.75) is 0 Å². The summed E-state index contributed by atoms with van der Waals surface area (Å²) in [5, 5.41) is 1.63. The lowest BCUT2D eigenvalue weighted by molar-refractivity contribution is 0.429. The third-order valence-electron chi connectivity index (χ3n) is 0.740. The molecule has 3 heteroatoms. The number of halogens is 2. The van der Waals surface area contributed by atoms with Gasteiger partial charge in [0.2, 0.25) is 0 Å². The fourth-order valence-corrected chi connectivity index (χ4v) is 1.00. The van der Waals surface area contributed by atoms with Crippen molar-refractivity contribution in [1.82, 2.24) is 0 Å². The number of rotatable bonds is 1. The second-order valence-electron chi connectivity index (χ2n) is 1.38. The highest BCUT2D eigenvalue weighted by Crippen LogP contribution is 2.13. The van der Waals surface area contributed by atoms with Crippen LogP contribution in [0.1, 0.15) is 4.88 Å². The van der Waals surface area contributed by atoms with Crippen molar-refractivity contribution in [2.24, 2.45) is 0 Å². The Morgan fingerprint density at radius 1 is 1.67 bits per heavy atom. The van der Waals surface area contributed by atoms with Crippen LogP contribution in [0.2, 0.25) is 0 Å². The Hall–Kier alpha value is -0.700. The van der Waals surface area contributed by atoms with Gasteiger partial charge < -0.3 is 0 Å². The minimum atomic E-state index is -1.66. The highest BCUT2D eigenvalue weighted by molar-refractivity contribution is 7.10. The van der Waals surface area contributed by atoms with E-state index >= 15 is 0 Å². The van der Waals surface area contributed by atoms with Gasteiger partial charge in [-0.2, -0.15) is 8.78 Å². The monoisotopic (exact) mass is 145 g/mol. The molecular formula is C6H3F2S. The van der Waals surface area contributed by atoms with Gasteiger partial charge in [-0.25, -0.2) is 0 Å². The molecule has 1 aromatic heterocycles. The van der Waals surface area contributed by atoms with E-state index in [1.54, 1.807) is 5.38 Å². The molecule has 0 saturated heterocycles. The molecule has 0 atom stereocenters. The van der Waals surface area contributed by atoms with Crippen LogP contribution in [-0.4, -0.2) is 0 Å². The largest absolute Gasteiger partial charge is 0.271 e. The van der Waals surface area contributed by atoms with Gasteiger partial charge in [0.15, 0.2) is 0 Å². The minimum Gasteiger partial charge on any atom is -0.173 e. The summed E-state index contributed by atoms with van der Waals surface area (Å²) in [6.07, 6.45) is -0.841. The van der Waals surface area contributed by atoms with Crippen LogP contribution in [0.15, 0.2) is 17.5 Å². The van der Waals surface area contributed by atoms with E-state index in [0.717, 1.165) is 6.08 Å². The number of thiophene rings is 1. The summed E-state index contributed by atoms with van der Waals surface area (Å²) in [5.41, 5.74) is 0. The van der Waals surface area contributed by atoms with E-state index in [2.05, 4.69) is 6.07 Å². The van der Waals surface area contributed by atoms with Crippen molar-refractivity contribution in [3.05, 3.63) is 28.5 Å². The van der Waals surface area contributed by atoms with Crippen LogP contribution >= 0.6 is 11.3 Å². The highest BCUT2D eigenvalue weighted by Gasteiger charge is 1.90. The molecule has 9 heavy (non-hydrogen) atoms. The molecule has 1 rings (SSSR count). The van der Waals surface area contributed by atoms with Crippen LogP contribution in [0.5, 0.6) is 0 Å². The van der Waals surface area contributed by atoms with Crippen LogP contribution in [0.3, 0.4) is 0 Å². The molecule has 0 aliphatic carbocycles. The molecule has 0 unspecified atom stereocenters. The lowest BCUT2D eigenvalue weighted by atomic mass is 10.5. The number of hydrogen-bond donors (Lipinski definition) is 0. The summed E-state index contributed by atoms with van der Waals surface area (Å²) < 4.78 is 22.9. The van der Waals surface area contributed by atoms with Crippen molar-refractivity contribution in [3.8, 4) is 0 Å². The van der Waals surface area contributed by atoms with Gasteiger partial charge in [-0.3, -0.25) is 0 Å². The first-order valence-corrected chi connectivity index (χ1v) is 3.14. The smallest absolute Gasteiger partial charge is 0.173 e. The molecule has 0 N–H and O–H groups in total. The van der Waals surface area contributed by atoms with E-state index in [1.807, 2.05) is 0 Å². The normalized spacial score (nSPS) is 9.11. The Labute approximate surface area is 55.4 Å². The van der Waals surface area contributed by atoms with Gasteiger partial charge in [0, 0.05) is 11.0 Å². The van der Waals surface area contributed by atoms with Crippen molar-refractivity contribution in [2.75, 3.05) is 0 Å². The fraction of sp³-hybridized carbons (Fsp3) is 0. The molecule has 47 valence electrons. The zero-order valence-electron chi connectivity index (χ0n) is 4.40. The Morgan fingerprint density at radius 3 is 2.89 bits per heavy atom. The topological polar surface area (TPSA) is 0 Å². The summed E-state index contributed by atoms with van der Waals surface area (Å²) in [4.78, 5) is 0.537. The summed E-state index contributed by atoms with van der Waals surface area (Å²) in [6, 6.07) is 4.19. The van der Waals surface area contributed by atoms with E-state index < -0.39 is 6.08 Å². The molecule has 0 fully saturated rings. The molecule has 0 aliphatic heterocycles.